The number of allylic oxidation sites excluding steroid dienone is 1. The Morgan fingerprint density at radius 2 is 2.07 bits per heavy atom. The number of hydrogen-bond acceptors (Lipinski definition) is 5. The fourth-order valence-electron chi connectivity index (χ4n) is 4.12. The monoisotopic (exact) mass is 402 g/mol. The van der Waals surface area contributed by atoms with Crippen LogP contribution in [0.25, 0.3) is 16.7 Å². The van der Waals surface area contributed by atoms with Gasteiger partial charge in [-0.2, -0.15) is 5.26 Å². The van der Waals surface area contributed by atoms with Crippen LogP contribution in [0.4, 0.5) is 5.82 Å². The zero-order chi connectivity index (χ0) is 21.3. The number of hydrogen-bond donors (Lipinski definition) is 1. The third-order valence-corrected chi connectivity index (χ3v) is 5.51. The molecule has 30 heavy (non-hydrogen) atoms. The summed E-state index contributed by atoms with van der Waals surface area (Å²) in [6.07, 6.45) is 4.59. The first-order chi connectivity index (χ1) is 14.6. The highest BCUT2D eigenvalue weighted by molar-refractivity contribution is 5.97. The van der Waals surface area contributed by atoms with Crippen LogP contribution in [0.1, 0.15) is 25.8 Å². The van der Waals surface area contributed by atoms with E-state index in [1.165, 1.54) is 6.08 Å². The first-order valence-electron chi connectivity index (χ1n) is 9.85. The number of nitriles is 1. The fraction of sp³-hybridized carbons (Fsp3) is 0.273. The van der Waals surface area contributed by atoms with Crippen LogP contribution in [0, 0.1) is 11.3 Å². The standard InChI is InChI=1S/C22H22N6O2/c1-2-15(13-23)21(29)26-12-6-9-17(14-26)27-18-10-11-25-20(24)19(18)28(22(27)30)16-7-4-3-5-8-16/h2-5,7-8,10-11,17H,6,9,12,14H2,1H3,(H2,24,25)/t17-/m1/s1. The number of benzene rings is 1. The van der Waals surface area contributed by atoms with Crippen LogP contribution in [0.2, 0.25) is 0 Å². The second kappa shape index (κ2) is 7.87. The van der Waals surface area contributed by atoms with E-state index in [-0.39, 0.29) is 29.0 Å². The second-order valence-corrected chi connectivity index (χ2v) is 7.25. The van der Waals surface area contributed by atoms with E-state index in [2.05, 4.69) is 4.98 Å². The molecule has 0 radical (unpaired) electrons. The molecule has 152 valence electrons. The van der Waals surface area contributed by atoms with E-state index in [0.717, 1.165) is 12.8 Å². The number of pyridine rings is 1. The van der Waals surface area contributed by atoms with Crippen LogP contribution >= 0.6 is 0 Å². The van der Waals surface area contributed by atoms with E-state index in [0.29, 0.717) is 29.8 Å². The summed E-state index contributed by atoms with van der Waals surface area (Å²) in [6, 6.07) is 12.8. The Labute approximate surface area is 173 Å². The minimum Gasteiger partial charge on any atom is -0.382 e. The number of nitrogen functional groups attached to an aromatic ring is 1. The molecule has 1 saturated heterocycles. The molecule has 0 unspecified atom stereocenters. The highest BCUT2D eigenvalue weighted by Crippen LogP contribution is 2.28. The number of nitrogens with zero attached hydrogens (tertiary/aromatic N) is 5. The molecule has 0 bridgehead atoms. The number of amides is 1. The quantitative estimate of drug-likeness (QED) is 0.534. The lowest BCUT2D eigenvalue weighted by atomic mass is 10.0. The van der Waals surface area contributed by atoms with Gasteiger partial charge in [0.15, 0.2) is 0 Å². The summed E-state index contributed by atoms with van der Waals surface area (Å²) >= 11 is 0. The first kappa shape index (κ1) is 19.5. The smallest absolute Gasteiger partial charge is 0.334 e. The summed E-state index contributed by atoms with van der Waals surface area (Å²) in [5.74, 6) is -0.0256. The van der Waals surface area contributed by atoms with Gasteiger partial charge in [0.05, 0.1) is 17.2 Å². The topological polar surface area (TPSA) is 110 Å². The van der Waals surface area contributed by atoms with Gasteiger partial charge in [-0.15, -0.1) is 0 Å². The Hall–Kier alpha value is -3.86. The molecule has 1 atom stereocenters. The number of rotatable bonds is 3. The summed E-state index contributed by atoms with van der Waals surface area (Å²) in [6.45, 7) is 2.59. The van der Waals surface area contributed by atoms with E-state index in [9.17, 15) is 14.9 Å². The highest BCUT2D eigenvalue weighted by atomic mass is 16.2. The van der Waals surface area contributed by atoms with Gasteiger partial charge < -0.3 is 10.6 Å². The van der Waals surface area contributed by atoms with Crippen LogP contribution in [-0.4, -0.2) is 38.0 Å². The molecule has 0 aliphatic carbocycles. The van der Waals surface area contributed by atoms with Crippen molar-refractivity contribution in [3.8, 4) is 11.8 Å². The van der Waals surface area contributed by atoms with Crippen molar-refractivity contribution >= 4 is 22.8 Å². The maximum atomic E-state index is 13.5. The third kappa shape index (κ3) is 3.14. The van der Waals surface area contributed by atoms with Gasteiger partial charge in [-0.25, -0.2) is 9.78 Å². The molecule has 1 aliphatic heterocycles. The van der Waals surface area contributed by atoms with Crippen molar-refractivity contribution in [3.05, 3.63) is 64.7 Å². The number of piperidine rings is 1. The number of carbonyl (C=O) groups excluding carboxylic acids is 1. The average molecular weight is 402 g/mol. The van der Waals surface area contributed by atoms with Crippen LogP contribution in [0.15, 0.2) is 59.0 Å². The summed E-state index contributed by atoms with van der Waals surface area (Å²) in [7, 11) is 0. The number of nitrogens with two attached hydrogens (primary N) is 1. The van der Waals surface area contributed by atoms with E-state index >= 15 is 0 Å². The number of anilines is 1. The van der Waals surface area contributed by atoms with Gasteiger partial charge in [0.1, 0.15) is 23.0 Å². The molecule has 8 heteroatoms. The number of carbonyl (C=O) groups is 1. The molecule has 1 amide bonds. The maximum absolute atomic E-state index is 13.5. The number of para-hydroxylation sites is 1. The molecule has 8 nitrogen and oxygen atoms in total. The van der Waals surface area contributed by atoms with Crippen LogP contribution in [0.5, 0.6) is 0 Å². The van der Waals surface area contributed by atoms with E-state index in [1.807, 2.05) is 36.4 Å². The predicted octanol–water partition coefficient (Wildman–Crippen LogP) is 2.40. The number of fused-ring (bicyclic) bond motifs is 1. The van der Waals surface area contributed by atoms with E-state index in [4.69, 9.17) is 5.73 Å². The molecule has 3 aromatic rings. The number of likely N-dealkylation sites (tertiary alicyclic amines) is 1. The lowest BCUT2D eigenvalue weighted by Gasteiger charge is -2.33. The van der Waals surface area contributed by atoms with Crippen molar-refractivity contribution in [1.82, 2.24) is 19.0 Å². The fourth-order valence-corrected chi connectivity index (χ4v) is 4.12. The minimum absolute atomic E-state index is 0.114. The predicted molar refractivity (Wildman–Crippen MR) is 114 cm³/mol. The van der Waals surface area contributed by atoms with Crippen molar-refractivity contribution in [2.24, 2.45) is 0 Å². The molecule has 4 rings (SSSR count). The Kier molecular flexibility index (Phi) is 5.11. The summed E-state index contributed by atoms with van der Waals surface area (Å²) in [5.41, 5.74) is 8.00. The normalized spacial score (nSPS) is 17.1. The van der Waals surface area contributed by atoms with Gasteiger partial charge in [-0.05, 0) is 38.0 Å². The van der Waals surface area contributed by atoms with Crippen molar-refractivity contribution in [3.63, 3.8) is 0 Å². The molecule has 1 aliphatic rings. The van der Waals surface area contributed by atoms with Crippen molar-refractivity contribution in [2.45, 2.75) is 25.8 Å². The Morgan fingerprint density at radius 3 is 2.77 bits per heavy atom. The van der Waals surface area contributed by atoms with Crippen LogP contribution < -0.4 is 11.4 Å². The SMILES string of the molecule is CC=C(C#N)C(=O)N1CCC[C@@H](n2c(=O)n(-c3ccccc3)c3c(N)nccc32)C1. The van der Waals surface area contributed by atoms with Crippen molar-refractivity contribution < 1.29 is 4.79 Å². The van der Waals surface area contributed by atoms with Gasteiger partial charge >= 0.3 is 5.69 Å². The van der Waals surface area contributed by atoms with Crippen LogP contribution in [-0.2, 0) is 4.79 Å². The Bertz CT molecular complexity index is 1230. The molecule has 3 heterocycles. The molecule has 1 aromatic carbocycles. The molecule has 2 N–H and O–H groups in total. The summed E-state index contributed by atoms with van der Waals surface area (Å²) < 4.78 is 3.28. The molecule has 1 fully saturated rings. The lowest BCUT2D eigenvalue weighted by Crippen LogP contribution is -2.43. The van der Waals surface area contributed by atoms with Crippen molar-refractivity contribution in [2.75, 3.05) is 18.8 Å². The van der Waals surface area contributed by atoms with Gasteiger partial charge in [-0.1, -0.05) is 24.3 Å². The van der Waals surface area contributed by atoms with Gasteiger partial charge in [-0.3, -0.25) is 13.9 Å². The molecule has 0 spiro atoms. The van der Waals surface area contributed by atoms with E-state index < -0.39 is 0 Å². The highest BCUT2D eigenvalue weighted by Gasteiger charge is 2.30. The second-order valence-electron chi connectivity index (χ2n) is 7.25. The lowest BCUT2D eigenvalue weighted by molar-refractivity contribution is -0.128. The van der Waals surface area contributed by atoms with Gasteiger partial charge in [0, 0.05) is 19.3 Å². The first-order valence-corrected chi connectivity index (χ1v) is 9.85. The minimum atomic E-state index is -0.300. The maximum Gasteiger partial charge on any atom is 0.334 e. The number of aromatic nitrogens is 3. The number of imidazole rings is 1. The van der Waals surface area contributed by atoms with Crippen molar-refractivity contribution in [1.29, 1.82) is 5.26 Å². The largest absolute Gasteiger partial charge is 0.382 e. The third-order valence-electron chi connectivity index (χ3n) is 5.51. The Balaban J connectivity index is 1.83. The zero-order valence-electron chi connectivity index (χ0n) is 16.7. The average Bonchev–Trinajstić information content (AvgIpc) is 3.08. The molecule has 0 saturated carbocycles. The van der Waals surface area contributed by atoms with Crippen LogP contribution in [0.3, 0.4) is 0 Å². The Morgan fingerprint density at radius 1 is 1.30 bits per heavy atom. The molecular formula is C22H22N6O2. The summed E-state index contributed by atoms with van der Waals surface area (Å²) in [5, 5.41) is 9.21. The van der Waals surface area contributed by atoms with Gasteiger partial charge in [0.2, 0.25) is 0 Å². The zero-order valence-corrected chi connectivity index (χ0v) is 16.7. The van der Waals surface area contributed by atoms with Gasteiger partial charge in [0.25, 0.3) is 5.91 Å². The molecule has 2 aromatic heterocycles. The molecular weight excluding hydrogens is 380 g/mol. The summed E-state index contributed by atoms with van der Waals surface area (Å²) in [4.78, 5) is 32.0. The van der Waals surface area contributed by atoms with E-state index in [1.54, 1.807) is 33.2 Å².